The van der Waals surface area contributed by atoms with Crippen molar-refractivity contribution in [1.82, 2.24) is 0 Å². The average Bonchev–Trinajstić information content (AvgIpc) is 2.09. The number of methoxy groups -OCH3 is 1. The standard InChI is InChI=1S/C9H10NO2/c1-12-9(11)6-7-2-4-8(10)5-3-7/h2-5,10H,6H2,1H3/q-1. The molecule has 0 unspecified atom stereocenters. The van der Waals surface area contributed by atoms with E-state index in [1.165, 1.54) is 7.11 Å². The first-order valence-electron chi connectivity index (χ1n) is 3.59. The summed E-state index contributed by atoms with van der Waals surface area (Å²) in [5.41, 5.74) is 8.52. The van der Waals surface area contributed by atoms with E-state index in [0.717, 1.165) is 5.56 Å². The maximum Gasteiger partial charge on any atom is 0.309 e. The summed E-state index contributed by atoms with van der Waals surface area (Å²) in [6.45, 7) is 0. The van der Waals surface area contributed by atoms with Crippen LogP contribution in [0.25, 0.3) is 5.73 Å². The highest BCUT2D eigenvalue weighted by Crippen LogP contribution is 2.11. The molecule has 64 valence electrons. The Balaban J connectivity index is 2.64. The summed E-state index contributed by atoms with van der Waals surface area (Å²) in [6, 6.07) is 6.80. The minimum atomic E-state index is -0.257. The molecule has 0 radical (unpaired) electrons. The third-order valence-corrected chi connectivity index (χ3v) is 1.53. The zero-order valence-corrected chi connectivity index (χ0v) is 6.83. The molecule has 1 aromatic carbocycles. The molecule has 0 heterocycles. The van der Waals surface area contributed by atoms with Gasteiger partial charge < -0.3 is 10.5 Å². The number of hydrogen-bond acceptors (Lipinski definition) is 2. The van der Waals surface area contributed by atoms with Gasteiger partial charge in [-0.15, -0.1) is 5.69 Å². The van der Waals surface area contributed by atoms with Crippen LogP contribution in [-0.2, 0) is 16.0 Å². The number of esters is 1. The van der Waals surface area contributed by atoms with Crippen molar-refractivity contribution in [3.63, 3.8) is 0 Å². The number of rotatable bonds is 2. The summed E-state index contributed by atoms with van der Waals surface area (Å²) < 4.78 is 4.50. The van der Waals surface area contributed by atoms with Crippen molar-refractivity contribution in [1.29, 1.82) is 0 Å². The number of hydrogen-bond donors (Lipinski definition) is 0. The molecule has 0 aliphatic carbocycles. The lowest BCUT2D eigenvalue weighted by Gasteiger charge is -2.03. The van der Waals surface area contributed by atoms with Gasteiger partial charge in [0.25, 0.3) is 0 Å². The van der Waals surface area contributed by atoms with Gasteiger partial charge in [-0.05, 0) is 5.56 Å². The third kappa shape index (κ3) is 2.27. The molecular formula is C9H10NO2-. The second-order valence-electron chi connectivity index (χ2n) is 2.45. The Morgan fingerprint density at radius 3 is 2.50 bits per heavy atom. The lowest BCUT2D eigenvalue weighted by atomic mass is 10.1. The molecule has 3 nitrogen and oxygen atoms in total. The minimum Gasteiger partial charge on any atom is -0.699 e. The second kappa shape index (κ2) is 3.76. The molecule has 1 rings (SSSR count). The summed E-state index contributed by atoms with van der Waals surface area (Å²) in [4.78, 5) is 10.8. The van der Waals surface area contributed by atoms with E-state index < -0.39 is 0 Å². The van der Waals surface area contributed by atoms with Crippen molar-refractivity contribution < 1.29 is 9.53 Å². The van der Waals surface area contributed by atoms with Gasteiger partial charge >= 0.3 is 5.97 Å². The number of ether oxygens (including phenoxy) is 1. The number of nitrogens with one attached hydrogen (secondary N) is 1. The molecule has 3 heteroatoms. The molecule has 0 aliphatic rings. The first-order chi connectivity index (χ1) is 5.72. The number of carbonyl (C=O) groups excluding carboxylic acids is 1. The van der Waals surface area contributed by atoms with Crippen LogP contribution in [0.1, 0.15) is 5.56 Å². The van der Waals surface area contributed by atoms with E-state index in [-0.39, 0.29) is 12.4 Å². The smallest absolute Gasteiger partial charge is 0.309 e. The summed E-state index contributed by atoms with van der Waals surface area (Å²) >= 11 is 0. The molecular weight excluding hydrogens is 154 g/mol. The molecule has 0 aromatic heterocycles. The Labute approximate surface area is 71.1 Å². The lowest BCUT2D eigenvalue weighted by Crippen LogP contribution is -2.03. The topological polar surface area (TPSA) is 50.1 Å². The van der Waals surface area contributed by atoms with E-state index in [9.17, 15) is 4.79 Å². The molecule has 12 heavy (non-hydrogen) atoms. The van der Waals surface area contributed by atoms with Gasteiger partial charge in [0.05, 0.1) is 13.5 Å². The monoisotopic (exact) mass is 164 g/mol. The predicted molar refractivity (Wildman–Crippen MR) is 46.1 cm³/mol. The van der Waals surface area contributed by atoms with E-state index in [1.54, 1.807) is 24.3 Å². The third-order valence-electron chi connectivity index (χ3n) is 1.53. The molecule has 0 saturated heterocycles. The van der Waals surface area contributed by atoms with Crippen LogP contribution in [0, 0.1) is 0 Å². The summed E-state index contributed by atoms with van der Waals surface area (Å²) in [6.07, 6.45) is 0.275. The quantitative estimate of drug-likeness (QED) is 0.628. The van der Waals surface area contributed by atoms with E-state index in [1.807, 2.05) is 0 Å². The molecule has 1 aromatic rings. The zero-order valence-electron chi connectivity index (χ0n) is 6.83. The molecule has 0 amide bonds. The van der Waals surface area contributed by atoms with Crippen molar-refractivity contribution in [2.24, 2.45) is 0 Å². The van der Waals surface area contributed by atoms with Gasteiger partial charge in [-0.3, -0.25) is 4.79 Å². The first-order valence-corrected chi connectivity index (χ1v) is 3.59. The van der Waals surface area contributed by atoms with Crippen molar-refractivity contribution in [2.75, 3.05) is 7.11 Å². The molecule has 0 bridgehead atoms. The Kier molecular flexibility index (Phi) is 2.69. The summed E-state index contributed by atoms with van der Waals surface area (Å²) in [7, 11) is 1.36. The van der Waals surface area contributed by atoms with Crippen LogP contribution < -0.4 is 0 Å². The Morgan fingerprint density at radius 2 is 2.00 bits per heavy atom. The number of benzene rings is 1. The van der Waals surface area contributed by atoms with E-state index >= 15 is 0 Å². The fourth-order valence-corrected chi connectivity index (χ4v) is 0.861. The summed E-state index contributed by atoms with van der Waals surface area (Å²) in [5.74, 6) is -0.257. The lowest BCUT2D eigenvalue weighted by molar-refractivity contribution is -0.139. The normalized spacial score (nSPS) is 9.42. The van der Waals surface area contributed by atoms with Gasteiger partial charge in [-0.2, -0.15) is 0 Å². The maximum absolute atomic E-state index is 10.8. The van der Waals surface area contributed by atoms with Crippen molar-refractivity contribution in [3.05, 3.63) is 35.6 Å². The fourth-order valence-electron chi connectivity index (χ4n) is 0.861. The second-order valence-corrected chi connectivity index (χ2v) is 2.45. The van der Waals surface area contributed by atoms with Gasteiger partial charge in [-0.1, -0.05) is 24.3 Å². The predicted octanol–water partition coefficient (Wildman–Crippen LogP) is 2.09. The van der Waals surface area contributed by atoms with Crippen LogP contribution in [0.5, 0.6) is 0 Å². The zero-order chi connectivity index (χ0) is 8.97. The summed E-state index contributed by atoms with van der Waals surface area (Å²) in [5, 5.41) is 0. The van der Waals surface area contributed by atoms with Crippen molar-refractivity contribution in [2.45, 2.75) is 6.42 Å². The molecule has 0 fully saturated rings. The highest BCUT2D eigenvalue weighted by atomic mass is 16.5. The fraction of sp³-hybridized carbons (Fsp3) is 0.222. The van der Waals surface area contributed by atoms with Crippen molar-refractivity contribution >= 4 is 11.7 Å². The van der Waals surface area contributed by atoms with Gasteiger partial charge in [0.2, 0.25) is 0 Å². The van der Waals surface area contributed by atoms with E-state index in [4.69, 9.17) is 5.73 Å². The molecule has 0 spiro atoms. The van der Waals surface area contributed by atoms with Gasteiger partial charge in [0, 0.05) is 0 Å². The Bertz CT molecular complexity index is 266. The molecule has 1 N–H and O–H groups in total. The van der Waals surface area contributed by atoms with Crippen LogP contribution in [0.4, 0.5) is 5.69 Å². The Morgan fingerprint density at radius 1 is 1.42 bits per heavy atom. The van der Waals surface area contributed by atoms with E-state index in [2.05, 4.69) is 4.74 Å². The van der Waals surface area contributed by atoms with Gasteiger partial charge in [0.15, 0.2) is 0 Å². The first kappa shape index (κ1) is 8.59. The average molecular weight is 164 g/mol. The SMILES string of the molecule is COC(=O)Cc1ccc([NH-])cc1. The molecule has 0 aliphatic heterocycles. The van der Waals surface area contributed by atoms with Crippen LogP contribution in [0.15, 0.2) is 24.3 Å². The minimum absolute atomic E-state index is 0.257. The van der Waals surface area contributed by atoms with Crippen LogP contribution in [0.3, 0.4) is 0 Å². The van der Waals surface area contributed by atoms with E-state index in [0.29, 0.717) is 5.69 Å². The van der Waals surface area contributed by atoms with Gasteiger partial charge in [0.1, 0.15) is 0 Å². The van der Waals surface area contributed by atoms with Gasteiger partial charge in [-0.25, -0.2) is 0 Å². The largest absolute Gasteiger partial charge is 0.699 e. The van der Waals surface area contributed by atoms with Crippen LogP contribution in [0.2, 0.25) is 0 Å². The van der Waals surface area contributed by atoms with Crippen LogP contribution in [-0.4, -0.2) is 13.1 Å². The molecule has 0 atom stereocenters. The van der Waals surface area contributed by atoms with Crippen LogP contribution >= 0.6 is 0 Å². The number of carbonyl (C=O) groups is 1. The van der Waals surface area contributed by atoms with Crippen molar-refractivity contribution in [3.8, 4) is 0 Å². The molecule has 0 saturated carbocycles. The maximum atomic E-state index is 10.8. The Hall–Kier alpha value is -1.51. The highest BCUT2D eigenvalue weighted by Gasteiger charge is 2.00. The highest BCUT2D eigenvalue weighted by molar-refractivity contribution is 5.72.